The van der Waals surface area contributed by atoms with Crippen LogP contribution in [-0.2, 0) is 6.42 Å². The minimum Gasteiger partial charge on any atom is -0.496 e. The SMILES string of the molecule is COc1ccc([N+](=O)[O-])c(I)c1CC#N. The fourth-order valence-corrected chi connectivity index (χ4v) is 2.00. The van der Waals surface area contributed by atoms with Gasteiger partial charge in [0.05, 0.1) is 28.1 Å². The third-order valence-electron chi connectivity index (χ3n) is 1.85. The van der Waals surface area contributed by atoms with Crippen LogP contribution in [0.3, 0.4) is 0 Å². The Bertz CT molecular complexity index is 440. The molecule has 0 bridgehead atoms. The van der Waals surface area contributed by atoms with Crippen molar-refractivity contribution < 1.29 is 9.66 Å². The number of benzene rings is 1. The highest BCUT2D eigenvalue weighted by Gasteiger charge is 2.18. The summed E-state index contributed by atoms with van der Waals surface area (Å²) in [6.07, 6.45) is 0.100. The van der Waals surface area contributed by atoms with Crippen LogP contribution in [-0.4, -0.2) is 12.0 Å². The summed E-state index contributed by atoms with van der Waals surface area (Å²) in [5, 5.41) is 19.3. The topological polar surface area (TPSA) is 76.2 Å². The fourth-order valence-electron chi connectivity index (χ4n) is 1.17. The van der Waals surface area contributed by atoms with Crippen molar-refractivity contribution in [2.45, 2.75) is 6.42 Å². The maximum Gasteiger partial charge on any atom is 0.283 e. The van der Waals surface area contributed by atoms with Crippen LogP contribution in [0.4, 0.5) is 5.69 Å². The van der Waals surface area contributed by atoms with Gasteiger partial charge in [0, 0.05) is 11.6 Å². The number of rotatable bonds is 3. The van der Waals surface area contributed by atoms with Crippen LogP contribution in [0.2, 0.25) is 0 Å². The largest absolute Gasteiger partial charge is 0.496 e. The molecule has 0 unspecified atom stereocenters. The van der Waals surface area contributed by atoms with Crippen molar-refractivity contribution in [2.24, 2.45) is 0 Å². The normalized spacial score (nSPS) is 9.40. The molecule has 0 aliphatic rings. The summed E-state index contributed by atoms with van der Waals surface area (Å²) in [4.78, 5) is 10.2. The van der Waals surface area contributed by atoms with Gasteiger partial charge in [-0.15, -0.1) is 0 Å². The average Bonchev–Trinajstić information content (AvgIpc) is 2.20. The zero-order chi connectivity index (χ0) is 11.4. The molecule has 6 heteroatoms. The first kappa shape index (κ1) is 11.7. The van der Waals surface area contributed by atoms with Gasteiger partial charge in [0.2, 0.25) is 0 Å². The maximum absolute atomic E-state index is 10.7. The van der Waals surface area contributed by atoms with E-state index in [1.165, 1.54) is 19.2 Å². The van der Waals surface area contributed by atoms with Gasteiger partial charge in [-0.05, 0) is 28.7 Å². The lowest BCUT2D eigenvalue weighted by atomic mass is 10.1. The lowest BCUT2D eigenvalue weighted by Crippen LogP contribution is -1.99. The predicted molar refractivity (Wildman–Crippen MR) is 61.7 cm³/mol. The molecule has 1 rings (SSSR count). The van der Waals surface area contributed by atoms with Crippen LogP contribution in [0.25, 0.3) is 0 Å². The molecule has 0 saturated heterocycles. The molecule has 0 aliphatic carbocycles. The summed E-state index contributed by atoms with van der Waals surface area (Å²) in [7, 11) is 1.47. The molecule has 15 heavy (non-hydrogen) atoms. The molecule has 0 fully saturated rings. The van der Waals surface area contributed by atoms with Crippen LogP contribution < -0.4 is 4.74 Å². The number of hydrogen-bond donors (Lipinski definition) is 0. The minimum atomic E-state index is -0.470. The molecule has 0 amide bonds. The number of nitro benzene ring substituents is 1. The molecular weight excluding hydrogens is 311 g/mol. The van der Waals surface area contributed by atoms with Crippen molar-refractivity contribution in [2.75, 3.05) is 7.11 Å². The summed E-state index contributed by atoms with van der Waals surface area (Å²) in [5.41, 5.74) is 0.566. The zero-order valence-corrected chi connectivity index (χ0v) is 10.0. The monoisotopic (exact) mass is 318 g/mol. The highest BCUT2D eigenvalue weighted by atomic mass is 127. The second-order valence-corrected chi connectivity index (χ2v) is 3.75. The molecular formula is C9H7IN2O3. The highest BCUT2D eigenvalue weighted by molar-refractivity contribution is 14.1. The van der Waals surface area contributed by atoms with Crippen molar-refractivity contribution >= 4 is 28.3 Å². The van der Waals surface area contributed by atoms with Gasteiger partial charge < -0.3 is 4.74 Å². The number of methoxy groups -OCH3 is 1. The Morgan fingerprint density at radius 3 is 2.80 bits per heavy atom. The van der Waals surface area contributed by atoms with Crippen molar-refractivity contribution in [3.8, 4) is 11.8 Å². The third kappa shape index (κ3) is 2.36. The maximum atomic E-state index is 10.7. The summed E-state index contributed by atoms with van der Waals surface area (Å²) < 4.78 is 5.49. The molecule has 5 nitrogen and oxygen atoms in total. The van der Waals surface area contributed by atoms with E-state index in [4.69, 9.17) is 10.00 Å². The standard InChI is InChI=1S/C9H7IN2O3/c1-15-8-3-2-7(12(13)14)9(10)6(8)4-5-11/h2-3H,4H2,1H3. The van der Waals surface area contributed by atoms with Gasteiger partial charge in [0.1, 0.15) is 5.75 Å². The minimum absolute atomic E-state index is 0.00153. The molecule has 0 saturated carbocycles. The molecule has 0 radical (unpaired) electrons. The highest BCUT2D eigenvalue weighted by Crippen LogP contribution is 2.31. The smallest absolute Gasteiger partial charge is 0.283 e. The number of nitrogens with zero attached hydrogens (tertiary/aromatic N) is 2. The van der Waals surface area contributed by atoms with E-state index in [0.717, 1.165) is 0 Å². The summed E-state index contributed by atoms with van der Waals surface area (Å²) >= 11 is 1.86. The quantitative estimate of drug-likeness (QED) is 0.487. The van der Waals surface area contributed by atoms with Gasteiger partial charge in [0.25, 0.3) is 5.69 Å². The number of nitriles is 1. The second kappa shape index (κ2) is 4.93. The van der Waals surface area contributed by atoms with Crippen LogP contribution >= 0.6 is 22.6 Å². The van der Waals surface area contributed by atoms with Gasteiger partial charge in [-0.1, -0.05) is 0 Å². The first-order valence-corrected chi connectivity index (χ1v) is 5.06. The Kier molecular flexibility index (Phi) is 3.85. The molecule has 0 N–H and O–H groups in total. The number of nitro groups is 1. The molecule has 1 aromatic rings. The number of ether oxygens (including phenoxy) is 1. The van der Waals surface area contributed by atoms with E-state index in [9.17, 15) is 10.1 Å². The van der Waals surface area contributed by atoms with Crippen LogP contribution in [0.1, 0.15) is 5.56 Å². The van der Waals surface area contributed by atoms with E-state index >= 15 is 0 Å². The van der Waals surface area contributed by atoms with Gasteiger partial charge in [-0.3, -0.25) is 10.1 Å². The van der Waals surface area contributed by atoms with Gasteiger partial charge in [0.15, 0.2) is 0 Å². The van der Waals surface area contributed by atoms with Crippen LogP contribution in [0.5, 0.6) is 5.75 Å². The molecule has 1 aromatic carbocycles. The van der Waals surface area contributed by atoms with Crippen molar-refractivity contribution in [1.82, 2.24) is 0 Å². The lowest BCUT2D eigenvalue weighted by Gasteiger charge is -2.07. The molecule has 78 valence electrons. The van der Waals surface area contributed by atoms with Crippen LogP contribution in [0, 0.1) is 25.0 Å². The zero-order valence-electron chi connectivity index (χ0n) is 7.86. The Balaban J connectivity index is 3.36. The first-order chi connectivity index (χ1) is 7.11. The van der Waals surface area contributed by atoms with E-state index in [2.05, 4.69) is 0 Å². The first-order valence-electron chi connectivity index (χ1n) is 3.98. The average molecular weight is 318 g/mol. The summed E-state index contributed by atoms with van der Waals surface area (Å²) in [5.74, 6) is 0.506. The molecule has 0 aliphatic heterocycles. The van der Waals surface area contributed by atoms with E-state index in [-0.39, 0.29) is 12.1 Å². The van der Waals surface area contributed by atoms with E-state index in [0.29, 0.717) is 14.9 Å². The number of hydrogen-bond acceptors (Lipinski definition) is 4. The van der Waals surface area contributed by atoms with Gasteiger partial charge in [-0.25, -0.2) is 0 Å². The fraction of sp³-hybridized carbons (Fsp3) is 0.222. The summed E-state index contributed by atoms with van der Waals surface area (Å²) in [6.45, 7) is 0. The lowest BCUT2D eigenvalue weighted by molar-refractivity contribution is -0.385. The van der Waals surface area contributed by atoms with Gasteiger partial charge >= 0.3 is 0 Å². The van der Waals surface area contributed by atoms with Gasteiger partial charge in [-0.2, -0.15) is 5.26 Å². The second-order valence-electron chi connectivity index (χ2n) is 2.67. The Morgan fingerprint density at radius 1 is 1.67 bits per heavy atom. The molecule has 0 aromatic heterocycles. The molecule has 0 spiro atoms. The van der Waals surface area contributed by atoms with E-state index in [1.807, 2.05) is 28.7 Å². The third-order valence-corrected chi connectivity index (χ3v) is 3.06. The number of halogens is 1. The van der Waals surface area contributed by atoms with Crippen molar-refractivity contribution in [3.05, 3.63) is 31.4 Å². The molecule has 0 heterocycles. The predicted octanol–water partition coefficient (Wildman–Crippen LogP) is 2.27. The van der Waals surface area contributed by atoms with Crippen molar-refractivity contribution in [1.29, 1.82) is 5.26 Å². The van der Waals surface area contributed by atoms with Crippen molar-refractivity contribution in [3.63, 3.8) is 0 Å². The molecule has 0 atom stereocenters. The Morgan fingerprint density at radius 2 is 2.33 bits per heavy atom. The Hall–Kier alpha value is -1.36. The summed E-state index contributed by atoms with van der Waals surface area (Å²) in [6, 6.07) is 4.84. The van der Waals surface area contributed by atoms with Crippen LogP contribution in [0.15, 0.2) is 12.1 Å². The Labute approximate surface area is 99.9 Å². The van der Waals surface area contributed by atoms with E-state index in [1.54, 1.807) is 0 Å². The van der Waals surface area contributed by atoms with E-state index < -0.39 is 4.92 Å².